The third-order valence-electron chi connectivity index (χ3n) is 4.45. The summed E-state index contributed by atoms with van der Waals surface area (Å²) in [5.74, 6) is 0.0897. The molecule has 1 saturated heterocycles. The van der Waals surface area contributed by atoms with Gasteiger partial charge in [0.2, 0.25) is 0 Å². The summed E-state index contributed by atoms with van der Waals surface area (Å²) in [4.78, 5) is 26.7. The number of rotatable bonds is 3. The molecule has 1 aromatic rings. The lowest BCUT2D eigenvalue weighted by Gasteiger charge is -2.28. The Hall–Kier alpha value is -1.84. The molecule has 4 heteroatoms. The molecule has 1 fully saturated rings. The zero-order valence-electron chi connectivity index (χ0n) is 16.4. The molecule has 1 aromatic carbocycles. The molecular weight excluding hydrogens is 314 g/mol. The first kappa shape index (κ1) is 19.5. The summed E-state index contributed by atoms with van der Waals surface area (Å²) < 4.78 is 5.44. The third-order valence-corrected chi connectivity index (χ3v) is 4.45. The summed E-state index contributed by atoms with van der Waals surface area (Å²) in [6.07, 6.45) is 1.54. The molecule has 138 valence electrons. The number of hydrogen-bond donors (Lipinski definition) is 0. The maximum absolute atomic E-state index is 12.7. The monoisotopic (exact) mass is 345 g/mol. The minimum atomic E-state index is -0.546. The molecule has 0 radical (unpaired) electrons. The molecule has 0 bridgehead atoms. The molecule has 1 amide bonds. The van der Waals surface area contributed by atoms with E-state index in [4.69, 9.17) is 4.74 Å². The van der Waals surface area contributed by atoms with Crippen LogP contribution in [0.4, 0.5) is 4.79 Å². The minimum Gasteiger partial charge on any atom is -0.444 e. The number of ketones is 1. The summed E-state index contributed by atoms with van der Waals surface area (Å²) in [6.45, 7) is 12.6. The second-order valence-corrected chi connectivity index (χ2v) is 8.92. The van der Waals surface area contributed by atoms with Crippen LogP contribution in [0.2, 0.25) is 0 Å². The molecule has 1 heterocycles. The van der Waals surface area contributed by atoms with E-state index in [1.54, 1.807) is 4.90 Å². The van der Waals surface area contributed by atoms with Gasteiger partial charge in [0, 0.05) is 13.0 Å². The lowest BCUT2D eigenvalue weighted by molar-refractivity contribution is -0.122. The number of carbonyl (C=O) groups is 2. The van der Waals surface area contributed by atoms with Gasteiger partial charge in [0.25, 0.3) is 0 Å². The van der Waals surface area contributed by atoms with E-state index in [0.717, 1.165) is 18.4 Å². The van der Waals surface area contributed by atoms with Crippen LogP contribution in [0.5, 0.6) is 0 Å². The van der Waals surface area contributed by atoms with Crippen LogP contribution >= 0.6 is 0 Å². The van der Waals surface area contributed by atoms with E-state index in [0.29, 0.717) is 13.0 Å². The number of likely N-dealkylation sites (tertiary alicyclic amines) is 1. The summed E-state index contributed by atoms with van der Waals surface area (Å²) in [5.41, 5.74) is 1.80. The van der Waals surface area contributed by atoms with Crippen LogP contribution < -0.4 is 0 Å². The predicted octanol–water partition coefficient (Wildman–Crippen LogP) is 4.50. The van der Waals surface area contributed by atoms with Gasteiger partial charge in [-0.05, 0) is 50.2 Å². The lowest BCUT2D eigenvalue weighted by Crippen LogP contribution is -2.43. The highest BCUT2D eigenvalue weighted by Gasteiger charge is 2.36. The molecule has 0 spiro atoms. The van der Waals surface area contributed by atoms with E-state index in [9.17, 15) is 9.59 Å². The first-order valence-corrected chi connectivity index (χ1v) is 9.09. The molecule has 0 aliphatic carbocycles. The van der Waals surface area contributed by atoms with Crippen molar-refractivity contribution in [3.05, 3.63) is 35.4 Å². The second kappa shape index (κ2) is 7.19. The van der Waals surface area contributed by atoms with Gasteiger partial charge in [0.15, 0.2) is 5.78 Å². The fraction of sp³-hybridized carbons (Fsp3) is 0.619. The summed E-state index contributed by atoms with van der Waals surface area (Å²) >= 11 is 0. The molecule has 1 atom stereocenters. The average Bonchev–Trinajstić information content (AvgIpc) is 2.94. The summed E-state index contributed by atoms with van der Waals surface area (Å²) in [7, 11) is 0. The molecule has 25 heavy (non-hydrogen) atoms. The third kappa shape index (κ3) is 5.32. The highest BCUT2D eigenvalue weighted by Crippen LogP contribution is 2.25. The number of benzene rings is 1. The van der Waals surface area contributed by atoms with E-state index in [1.165, 1.54) is 5.56 Å². The van der Waals surface area contributed by atoms with Crippen LogP contribution in [0.3, 0.4) is 0 Å². The fourth-order valence-corrected chi connectivity index (χ4v) is 3.08. The van der Waals surface area contributed by atoms with Gasteiger partial charge in [0.1, 0.15) is 5.60 Å². The summed E-state index contributed by atoms with van der Waals surface area (Å²) in [5, 5.41) is 0. The Balaban J connectivity index is 2.03. The molecule has 4 nitrogen and oxygen atoms in total. The van der Waals surface area contributed by atoms with Gasteiger partial charge in [-0.25, -0.2) is 4.79 Å². The number of amides is 1. The van der Waals surface area contributed by atoms with Crippen LogP contribution in [-0.2, 0) is 21.4 Å². The Kier molecular flexibility index (Phi) is 5.60. The molecule has 0 aromatic heterocycles. The Morgan fingerprint density at radius 2 is 1.68 bits per heavy atom. The van der Waals surface area contributed by atoms with Gasteiger partial charge in [-0.3, -0.25) is 9.69 Å². The van der Waals surface area contributed by atoms with Crippen molar-refractivity contribution in [2.45, 2.75) is 77.9 Å². The zero-order chi connectivity index (χ0) is 18.8. The topological polar surface area (TPSA) is 46.6 Å². The van der Waals surface area contributed by atoms with E-state index in [2.05, 4.69) is 32.9 Å². The van der Waals surface area contributed by atoms with Gasteiger partial charge in [-0.15, -0.1) is 0 Å². The second-order valence-electron chi connectivity index (χ2n) is 8.92. The van der Waals surface area contributed by atoms with Gasteiger partial charge in [0.05, 0.1) is 6.04 Å². The van der Waals surface area contributed by atoms with Crippen molar-refractivity contribution in [1.29, 1.82) is 0 Å². The Morgan fingerprint density at radius 1 is 1.08 bits per heavy atom. The van der Waals surface area contributed by atoms with Crippen LogP contribution in [0, 0.1) is 0 Å². The standard InChI is InChI=1S/C21H31NO3/c1-20(2,3)16-11-9-15(10-12-16)14-18(23)17-8-7-13-22(17)19(24)25-21(4,5)6/h9-12,17H,7-8,13-14H2,1-6H3. The van der Waals surface area contributed by atoms with Crippen molar-refractivity contribution in [2.24, 2.45) is 0 Å². The number of Topliss-reactive ketones (excluding diaryl/α,β-unsaturated/α-hetero) is 1. The molecule has 1 aliphatic heterocycles. The number of carbonyl (C=O) groups excluding carboxylic acids is 2. The van der Waals surface area contributed by atoms with Crippen molar-refractivity contribution in [3.8, 4) is 0 Å². The van der Waals surface area contributed by atoms with Crippen molar-refractivity contribution in [3.63, 3.8) is 0 Å². The average molecular weight is 345 g/mol. The van der Waals surface area contributed by atoms with Gasteiger partial charge in [-0.2, -0.15) is 0 Å². The van der Waals surface area contributed by atoms with Crippen LogP contribution in [0.1, 0.15) is 65.5 Å². The molecule has 0 N–H and O–H groups in total. The number of ether oxygens (including phenoxy) is 1. The maximum atomic E-state index is 12.7. The van der Waals surface area contributed by atoms with E-state index in [-0.39, 0.29) is 23.3 Å². The predicted molar refractivity (Wildman–Crippen MR) is 99.8 cm³/mol. The lowest BCUT2D eigenvalue weighted by atomic mass is 9.86. The quantitative estimate of drug-likeness (QED) is 0.810. The minimum absolute atomic E-state index is 0.0897. The number of nitrogens with zero attached hydrogens (tertiary/aromatic N) is 1. The Labute approximate surface area is 151 Å². The first-order valence-electron chi connectivity index (χ1n) is 9.09. The molecular formula is C21H31NO3. The van der Waals surface area contributed by atoms with Gasteiger partial charge in [-0.1, -0.05) is 45.0 Å². The number of hydrogen-bond acceptors (Lipinski definition) is 3. The molecule has 1 unspecified atom stereocenters. The molecule has 0 saturated carbocycles. The van der Waals surface area contributed by atoms with Gasteiger partial charge < -0.3 is 4.74 Å². The molecule has 1 aliphatic rings. The highest BCUT2D eigenvalue weighted by atomic mass is 16.6. The summed E-state index contributed by atoms with van der Waals surface area (Å²) in [6, 6.07) is 7.85. The molecule has 2 rings (SSSR count). The highest BCUT2D eigenvalue weighted by molar-refractivity contribution is 5.89. The normalized spacial score (nSPS) is 18.3. The largest absolute Gasteiger partial charge is 0.444 e. The fourth-order valence-electron chi connectivity index (χ4n) is 3.08. The van der Waals surface area contributed by atoms with E-state index in [1.807, 2.05) is 32.9 Å². The van der Waals surface area contributed by atoms with E-state index < -0.39 is 5.60 Å². The SMILES string of the molecule is CC(C)(C)OC(=O)N1CCCC1C(=O)Cc1ccc(C(C)(C)C)cc1. The van der Waals surface area contributed by atoms with E-state index >= 15 is 0 Å². The van der Waals surface area contributed by atoms with Crippen molar-refractivity contribution < 1.29 is 14.3 Å². The van der Waals surface area contributed by atoms with Gasteiger partial charge >= 0.3 is 6.09 Å². The Bertz CT molecular complexity index is 620. The van der Waals surface area contributed by atoms with Crippen LogP contribution in [0.15, 0.2) is 24.3 Å². The Morgan fingerprint density at radius 3 is 2.20 bits per heavy atom. The van der Waals surface area contributed by atoms with Crippen molar-refractivity contribution in [1.82, 2.24) is 4.90 Å². The van der Waals surface area contributed by atoms with Crippen molar-refractivity contribution in [2.75, 3.05) is 6.54 Å². The van der Waals surface area contributed by atoms with Crippen LogP contribution in [0.25, 0.3) is 0 Å². The zero-order valence-corrected chi connectivity index (χ0v) is 16.4. The first-order chi connectivity index (χ1) is 11.5. The maximum Gasteiger partial charge on any atom is 0.410 e. The van der Waals surface area contributed by atoms with Crippen molar-refractivity contribution >= 4 is 11.9 Å². The van der Waals surface area contributed by atoms with Crippen LogP contribution in [-0.4, -0.2) is 35.0 Å². The smallest absolute Gasteiger partial charge is 0.410 e.